The van der Waals surface area contributed by atoms with Crippen LogP contribution < -0.4 is 5.32 Å². The van der Waals surface area contributed by atoms with Crippen molar-refractivity contribution in [3.05, 3.63) is 22.4 Å². The topological polar surface area (TPSA) is 15.3 Å². The maximum Gasteiger partial charge on any atom is 0.0355 e. The number of nitrogens with one attached hydrogen (secondary N) is 1. The zero-order valence-electron chi connectivity index (χ0n) is 9.98. The molecule has 2 atom stereocenters. The van der Waals surface area contributed by atoms with Crippen molar-refractivity contribution >= 4 is 23.1 Å². The molecule has 16 heavy (non-hydrogen) atoms. The van der Waals surface area contributed by atoms with E-state index in [2.05, 4.69) is 40.9 Å². The quantitative estimate of drug-likeness (QED) is 0.870. The standard InChI is InChI=1S/C12H20N2S2/c1-3-14(9-10-5-4-6-16-10)11-7-13-8-12(11)15-2/h4-6,11-13H,3,7-9H2,1-2H3. The molecule has 2 unspecified atom stereocenters. The molecule has 1 fully saturated rings. The molecule has 1 N–H and O–H groups in total. The van der Waals surface area contributed by atoms with Gasteiger partial charge in [-0.1, -0.05) is 13.0 Å². The minimum absolute atomic E-state index is 0.696. The molecule has 1 aliphatic rings. The summed E-state index contributed by atoms with van der Waals surface area (Å²) in [5.74, 6) is 0. The Morgan fingerprint density at radius 3 is 3.06 bits per heavy atom. The smallest absolute Gasteiger partial charge is 0.0355 e. The van der Waals surface area contributed by atoms with E-state index >= 15 is 0 Å². The van der Waals surface area contributed by atoms with Gasteiger partial charge in [-0.3, -0.25) is 4.90 Å². The first kappa shape index (κ1) is 12.4. The van der Waals surface area contributed by atoms with E-state index in [1.807, 2.05) is 23.1 Å². The van der Waals surface area contributed by atoms with Crippen LogP contribution >= 0.6 is 23.1 Å². The molecule has 1 saturated heterocycles. The van der Waals surface area contributed by atoms with Crippen molar-refractivity contribution < 1.29 is 0 Å². The molecule has 2 nitrogen and oxygen atoms in total. The van der Waals surface area contributed by atoms with Crippen LogP contribution in [0.3, 0.4) is 0 Å². The lowest BCUT2D eigenvalue weighted by molar-refractivity contribution is 0.216. The Labute approximate surface area is 106 Å². The van der Waals surface area contributed by atoms with E-state index in [4.69, 9.17) is 0 Å². The SMILES string of the molecule is CCN(Cc1cccs1)C1CNCC1SC. The van der Waals surface area contributed by atoms with Gasteiger partial charge >= 0.3 is 0 Å². The molecule has 0 spiro atoms. The predicted molar refractivity (Wildman–Crippen MR) is 74.4 cm³/mol. The van der Waals surface area contributed by atoms with Crippen LogP contribution in [-0.2, 0) is 6.54 Å². The van der Waals surface area contributed by atoms with Gasteiger partial charge in [-0.2, -0.15) is 11.8 Å². The van der Waals surface area contributed by atoms with Crippen LogP contribution in [0.15, 0.2) is 17.5 Å². The molecule has 1 aromatic heterocycles. The molecule has 1 aliphatic heterocycles. The van der Waals surface area contributed by atoms with E-state index in [0.29, 0.717) is 6.04 Å². The summed E-state index contributed by atoms with van der Waals surface area (Å²) in [7, 11) is 0. The molecule has 4 heteroatoms. The van der Waals surface area contributed by atoms with Crippen LogP contribution in [0.1, 0.15) is 11.8 Å². The van der Waals surface area contributed by atoms with Gasteiger partial charge in [-0.15, -0.1) is 11.3 Å². The second-order valence-electron chi connectivity index (χ2n) is 4.14. The summed E-state index contributed by atoms with van der Waals surface area (Å²) in [6, 6.07) is 5.08. The summed E-state index contributed by atoms with van der Waals surface area (Å²) in [5, 5.41) is 6.43. The van der Waals surface area contributed by atoms with Gasteiger partial charge in [0.05, 0.1) is 0 Å². The average molecular weight is 256 g/mol. The summed E-state index contributed by atoms with van der Waals surface area (Å²) in [6.07, 6.45) is 2.23. The first-order valence-corrected chi connectivity index (χ1v) is 8.01. The van der Waals surface area contributed by atoms with Gasteiger partial charge in [0.15, 0.2) is 0 Å². The third kappa shape index (κ3) is 2.80. The van der Waals surface area contributed by atoms with Crippen molar-refractivity contribution in [2.24, 2.45) is 0 Å². The number of thiophene rings is 1. The van der Waals surface area contributed by atoms with Crippen LogP contribution in [0.5, 0.6) is 0 Å². The second kappa shape index (κ2) is 6.05. The van der Waals surface area contributed by atoms with E-state index in [1.165, 1.54) is 4.88 Å². The first-order chi connectivity index (χ1) is 7.85. The normalized spacial score (nSPS) is 25.4. The minimum Gasteiger partial charge on any atom is -0.314 e. The lowest BCUT2D eigenvalue weighted by atomic mass is 10.2. The van der Waals surface area contributed by atoms with Crippen LogP contribution in [0.2, 0.25) is 0 Å². The Bertz CT molecular complexity index is 300. The van der Waals surface area contributed by atoms with E-state index < -0.39 is 0 Å². The lowest BCUT2D eigenvalue weighted by Gasteiger charge is -2.30. The van der Waals surface area contributed by atoms with Gasteiger partial charge in [0.25, 0.3) is 0 Å². The number of hydrogen-bond donors (Lipinski definition) is 1. The molecule has 0 amide bonds. The number of likely N-dealkylation sites (N-methyl/N-ethyl adjacent to an activating group) is 1. The molecular formula is C12H20N2S2. The molecule has 0 aromatic carbocycles. The molecule has 0 saturated carbocycles. The number of hydrogen-bond acceptors (Lipinski definition) is 4. The molecule has 0 aliphatic carbocycles. The minimum atomic E-state index is 0.696. The third-order valence-corrected chi connectivity index (χ3v) is 5.19. The summed E-state index contributed by atoms with van der Waals surface area (Å²) in [6.45, 7) is 6.82. The highest BCUT2D eigenvalue weighted by Crippen LogP contribution is 2.22. The molecule has 2 heterocycles. The van der Waals surface area contributed by atoms with Gasteiger partial charge in [-0.05, 0) is 24.2 Å². The van der Waals surface area contributed by atoms with Crippen molar-refractivity contribution in [1.29, 1.82) is 0 Å². The van der Waals surface area contributed by atoms with Crippen molar-refractivity contribution in [2.75, 3.05) is 25.9 Å². The molecule has 2 rings (SSSR count). The van der Waals surface area contributed by atoms with Gasteiger partial charge < -0.3 is 5.32 Å². The van der Waals surface area contributed by atoms with Crippen LogP contribution in [-0.4, -0.2) is 42.1 Å². The van der Waals surface area contributed by atoms with Gasteiger partial charge in [0.1, 0.15) is 0 Å². The van der Waals surface area contributed by atoms with E-state index in [-0.39, 0.29) is 0 Å². The molecule has 0 radical (unpaired) electrons. The van der Waals surface area contributed by atoms with Crippen molar-refractivity contribution in [1.82, 2.24) is 10.2 Å². The van der Waals surface area contributed by atoms with Crippen molar-refractivity contribution in [2.45, 2.75) is 24.8 Å². The highest BCUT2D eigenvalue weighted by atomic mass is 32.2. The molecule has 1 aromatic rings. The Balaban J connectivity index is 1.98. The average Bonchev–Trinajstić information content (AvgIpc) is 2.96. The Morgan fingerprint density at radius 2 is 2.44 bits per heavy atom. The monoisotopic (exact) mass is 256 g/mol. The van der Waals surface area contributed by atoms with Gasteiger partial charge in [-0.25, -0.2) is 0 Å². The first-order valence-electron chi connectivity index (χ1n) is 5.85. The van der Waals surface area contributed by atoms with E-state index in [0.717, 1.165) is 31.4 Å². The van der Waals surface area contributed by atoms with Gasteiger partial charge in [0, 0.05) is 35.8 Å². The second-order valence-corrected chi connectivity index (χ2v) is 6.25. The Hall–Kier alpha value is -0.0300. The van der Waals surface area contributed by atoms with Crippen molar-refractivity contribution in [3.8, 4) is 0 Å². The van der Waals surface area contributed by atoms with Crippen LogP contribution in [0, 0.1) is 0 Å². The third-order valence-electron chi connectivity index (χ3n) is 3.25. The molecule has 90 valence electrons. The highest BCUT2D eigenvalue weighted by Gasteiger charge is 2.30. The van der Waals surface area contributed by atoms with Crippen LogP contribution in [0.4, 0.5) is 0 Å². The zero-order valence-corrected chi connectivity index (χ0v) is 11.6. The highest BCUT2D eigenvalue weighted by molar-refractivity contribution is 7.99. The molecule has 0 bridgehead atoms. The number of nitrogens with zero attached hydrogens (tertiary/aromatic N) is 1. The zero-order chi connectivity index (χ0) is 11.4. The largest absolute Gasteiger partial charge is 0.314 e. The Kier molecular flexibility index (Phi) is 4.70. The fraction of sp³-hybridized carbons (Fsp3) is 0.667. The maximum absolute atomic E-state index is 3.51. The fourth-order valence-electron chi connectivity index (χ4n) is 2.31. The summed E-state index contributed by atoms with van der Waals surface area (Å²) in [5.41, 5.74) is 0. The van der Waals surface area contributed by atoms with E-state index in [1.54, 1.807) is 0 Å². The summed E-state index contributed by atoms with van der Waals surface area (Å²) < 4.78 is 0. The van der Waals surface area contributed by atoms with Gasteiger partial charge in [0.2, 0.25) is 0 Å². The number of rotatable bonds is 5. The van der Waals surface area contributed by atoms with Crippen molar-refractivity contribution in [3.63, 3.8) is 0 Å². The molecular weight excluding hydrogens is 236 g/mol. The Morgan fingerprint density at radius 1 is 1.56 bits per heavy atom. The fourth-order valence-corrected chi connectivity index (χ4v) is 3.91. The number of thioether (sulfide) groups is 1. The van der Waals surface area contributed by atoms with E-state index in [9.17, 15) is 0 Å². The summed E-state index contributed by atoms with van der Waals surface area (Å²) in [4.78, 5) is 4.08. The lowest BCUT2D eigenvalue weighted by Crippen LogP contribution is -2.41. The van der Waals surface area contributed by atoms with Crippen LogP contribution in [0.25, 0.3) is 0 Å². The summed E-state index contributed by atoms with van der Waals surface area (Å²) >= 11 is 3.86. The maximum atomic E-state index is 3.51. The predicted octanol–water partition coefficient (Wildman–Crippen LogP) is 2.27.